The standard InChI is InChI=1S/C13H15BrFNO/c14-9-13(17)10-4-5-12(11(15)8-10)16-6-2-1-3-7-16/h4-5,8H,1-3,6-7,9H2. The molecule has 0 aliphatic carbocycles. The van der Waals surface area contributed by atoms with Crippen molar-refractivity contribution in [3.8, 4) is 0 Å². The Morgan fingerprint density at radius 1 is 1.29 bits per heavy atom. The summed E-state index contributed by atoms with van der Waals surface area (Å²) < 4.78 is 13.9. The van der Waals surface area contributed by atoms with Crippen molar-refractivity contribution in [2.75, 3.05) is 23.3 Å². The summed E-state index contributed by atoms with van der Waals surface area (Å²) in [5, 5.41) is 0.232. The molecule has 0 unspecified atom stereocenters. The van der Waals surface area contributed by atoms with Gasteiger partial charge < -0.3 is 4.90 Å². The van der Waals surface area contributed by atoms with Gasteiger partial charge in [0.1, 0.15) is 5.82 Å². The molecule has 2 rings (SSSR count). The Balaban J connectivity index is 2.21. The zero-order chi connectivity index (χ0) is 12.3. The van der Waals surface area contributed by atoms with E-state index in [1.165, 1.54) is 12.5 Å². The average Bonchev–Trinajstić information content (AvgIpc) is 2.38. The van der Waals surface area contributed by atoms with Crippen molar-refractivity contribution < 1.29 is 9.18 Å². The highest BCUT2D eigenvalue weighted by Gasteiger charge is 2.16. The number of benzene rings is 1. The van der Waals surface area contributed by atoms with Crippen LogP contribution in [0.3, 0.4) is 0 Å². The van der Waals surface area contributed by atoms with Gasteiger partial charge in [-0.05, 0) is 37.5 Å². The first-order valence-electron chi connectivity index (χ1n) is 5.86. The lowest BCUT2D eigenvalue weighted by atomic mass is 10.1. The molecule has 0 bridgehead atoms. The number of carbonyl (C=O) groups excluding carboxylic acids is 1. The van der Waals surface area contributed by atoms with Gasteiger partial charge in [-0.2, -0.15) is 0 Å². The topological polar surface area (TPSA) is 20.3 Å². The van der Waals surface area contributed by atoms with Gasteiger partial charge in [-0.15, -0.1) is 0 Å². The molecule has 1 aromatic rings. The summed E-state index contributed by atoms with van der Waals surface area (Å²) in [6.07, 6.45) is 3.45. The highest BCUT2D eigenvalue weighted by molar-refractivity contribution is 9.09. The highest BCUT2D eigenvalue weighted by Crippen LogP contribution is 2.24. The second-order valence-corrected chi connectivity index (χ2v) is 4.83. The van der Waals surface area contributed by atoms with Crippen molar-refractivity contribution in [1.82, 2.24) is 0 Å². The third kappa shape index (κ3) is 2.86. The van der Waals surface area contributed by atoms with E-state index in [1.807, 2.05) is 0 Å². The van der Waals surface area contributed by atoms with Gasteiger partial charge in [0.05, 0.1) is 11.0 Å². The maximum Gasteiger partial charge on any atom is 0.173 e. The minimum absolute atomic E-state index is 0.0888. The Kier molecular flexibility index (Phi) is 4.15. The van der Waals surface area contributed by atoms with Crippen LogP contribution < -0.4 is 4.90 Å². The van der Waals surface area contributed by atoms with E-state index < -0.39 is 0 Å². The molecule has 1 aliphatic rings. The van der Waals surface area contributed by atoms with Gasteiger partial charge >= 0.3 is 0 Å². The zero-order valence-electron chi connectivity index (χ0n) is 9.59. The molecule has 0 spiro atoms. The summed E-state index contributed by atoms with van der Waals surface area (Å²) in [6.45, 7) is 1.81. The Bertz CT molecular complexity index is 416. The molecule has 0 N–H and O–H groups in total. The number of rotatable bonds is 3. The number of hydrogen-bond acceptors (Lipinski definition) is 2. The van der Waals surface area contributed by atoms with Crippen molar-refractivity contribution >= 4 is 27.4 Å². The molecule has 1 heterocycles. The van der Waals surface area contributed by atoms with E-state index in [4.69, 9.17) is 0 Å². The third-order valence-corrected chi connectivity index (χ3v) is 3.60. The number of alkyl halides is 1. The molecule has 2 nitrogen and oxygen atoms in total. The fraction of sp³-hybridized carbons (Fsp3) is 0.462. The predicted molar refractivity (Wildman–Crippen MR) is 70.6 cm³/mol. The summed E-state index contributed by atoms with van der Waals surface area (Å²) >= 11 is 3.09. The summed E-state index contributed by atoms with van der Waals surface area (Å²) in [7, 11) is 0. The van der Waals surface area contributed by atoms with Crippen LogP contribution in [-0.2, 0) is 0 Å². The number of ketones is 1. The number of hydrogen-bond donors (Lipinski definition) is 0. The quantitative estimate of drug-likeness (QED) is 0.630. The molecule has 0 radical (unpaired) electrons. The van der Waals surface area contributed by atoms with Crippen LogP contribution in [0.2, 0.25) is 0 Å². The molecule has 4 heteroatoms. The minimum atomic E-state index is -0.293. The SMILES string of the molecule is O=C(CBr)c1ccc(N2CCCCC2)c(F)c1. The Labute approximate surface area is 109 Å². The molecule has 92 valence electrons. The normalized spacial score (nSPS) is 16.0. The van der Waals surface area contributed by atoms with Gasteiger partial charge in [-0.25, -0.2) is 4.39 Å². The van der Waals surface area contributed by atoms with Crippen molar-refractivity contribution in [3.05, 3.63) is 29.6 Å². The first kappa shape index (κ1) is 12.6. The average molecular weight is 300 g/mol. The molecule has 0 atom stereocenters. The molecule has 17 heavy (non-hydrogen) atoms. The van der Waals surface area contributed by atoms with Gasteiger partial charge in [0.25, 0.3) is 0 Å². The number of nitrogens with zero attached hydrogens (tertiary/aromatic N) is 1. The predicted octanol–water partition coefficient (Wildman–Crippen LogP) is 3.39. The molecule has 0 aromatic heterocycles. The van der Waals surface area contributed by atoms with Gasteiger partial charge in [0.2, 0.25) is 0 Å². The molecule has 0 saturated carbocycles. The first-order chi connectivity index (χ1) is 8.22. The molecule has 1 aromatic carbocycles. The van der Waals surface area contributed by atoms with Crippen molar-refractivity contribution in [2.45, 2.75) is 19.3 Å². The highest BCUT2D eigenvalue weighted by atomic mass is 79.9. The van der Waals surface area contributed by atoms with Crippen LogP contribution in [-0.4, -0.2) is 24.2 Å². The van der Waals surface area contributed by atoms with E-state index in [1.54, 1.807) is 12.1 Å². The van der Waals surface area contributed by atoms with Gasteiger partial charge in [0, 0.05) is 18.7 Å². The molecule has 1 saturated heterocycles. The molecular weight excluding hydrogens is 285 g/mol. The second-order valence-electron chi connectivity index (χ2n) is 4.27. The summed E-state index contributed by atoms with van der Waals surface area (Å²) in [5.41, 5.74) is 1.05. The van der Waals surface area contributed by atoms with Crippen molar-refractivity contribution in [3.63, 3.8) is 0 Å². The van der Waals surface area contributed by atoms with Crippen LogP contribution in [0.5, 0.6) is 0 Å². The van der Waals surface area contributed by atoms with E-state index in [2.05, 4.69) is 20.8 Å². The number of Topliss-reactive ketones (excluding diaryl/α,β-unsaturated/α-hetero) is 1. The summed E-state index contributed by atoms with van der Waals surface area (Å²) in [5.74, 6) is -0.382. The van der Waals surface area contributed by atoms with Crippen molar-refractivity contribution in [2.24, 2.45) is 0 Å². The molecule has 0 amide bonds. The molecule has 1 aliphatic heterocycles. The largest absolute Gasteiger partial charge is 0.369 e. The van der Waals surface area contributed by atoms with Crippen LogP contribution in [0.4, 0.5) is 10.1 Å². The van der Waals surface area contributed by atoms with Gasteiger partial charge in [-0.3, -0.25) is 4.79 Å². The maximum atomic E-state index is 13.9. The number of anilines is 1. The van der Waals surface area contributed by atoms with Crippen LogP contribution in [0.25, 0.3) is 0 Å². The third-order valence-electron chi connectivity index (χ3n) is 3.09. The molecular formula is C13H15BrFNO. The van der Waals surface area contributed by atoms with Gasteiger partial charge in [0.15, 0.2) is 5.78 Å². The Hall–Kier alpha value is -0.900. The van der Waals surface area contributed by atoms with Crippen LogP contribution >= 0.6 is 15.9 Å². The molecule has 1 fully saturated rings. The maximum absolute atomic E-state index is 13.9. The van der Waals surface area contributed by atoms with E-state index in [0.717, 1.165) is 25.9 Å². The Morgan fingerprint density at radius 3 is 2.59 bits per heavy atom. The van der Waals surface area contributed by atoms with Gasteiger partial charge in [-0.1, -0.05) is 15.9 Å². The number of carbonyl (C=O) groups is 1. The summed E-state index contributed by atoms with van der Waals surface area (Å²) in [4.78, 5) is 13.5. The second kappa shape index (κ2) is 5.63. The Morgan fingerprint density at radius 2 is 2.00 bits per heavy atom. The minimum Gasteiger partial charge on any atom is -0.369 e. The zero-order valence-corrected chi connectivity index (χ0v) is 11.2. The van der Waals surface area contributed by atoms with E-state index in [-0.39, 0.29) is 16.9 Å². The van der Waals surface area contributed by atoms with E-state index in [9.17, 15) is 9.18 Å². The first-order valence-corrected chi connectivity index (χ1v) is 6.98. The lowest BCUT2D eigenvalue weighted by Crippen LogP contribution is -2.30. The lowest BCUT2D eigenvalue weighted by molar-refractivity contribution is 0.102. The fourth-order valence-corrected chi connectivity index (χ4v) is 2.47. The monoisotopic (exact) mass is 299 g/mol. The lowest BCUT2D eigenvalue weighted by Gasteiger charge is -2.29. The van der Waals surface area contributed by atoms with Crippen LogP contribution in [0, 0.1) is 5.82 Å². The van der Waals surface area contributed by atoms with Crippen LogP contribution in [0.15, 0.2) is 18.2 Å². The van der Waals surface area contributed by atoms with E-state index in [0.29, 0.717) is 11.3 Å². The van der Waals surface area contributed by atoms with Crippen LogP contribution in [0.1, 0.15) is 29.6 Å². The van der Waals surface area contributed by atoms with Crippen molar-refractivity contribution in [1.29, 1.82) is 0 Å². The smallest absolute Gasteiger partial charge is 0.173 e. The van der Waals surface area contributed by atoms with E-state index >= 15 is 0 Å². The number of halogens is 2. The summed E-state index contributed by atoms with van der Waals surface area (Å²) in [6, 6.07) is 4.76. The fourth-order valence-electron chi connectivity index (χ4n) is 2.15. The number of piperidine rings is 1.